The van der Waals surface area contributed by atoms with Crippen LogP contribution in [-0.4, -0.2) is 14.8 Å². The summed E-state index contributed by atoms with van der Waals surface area (Å²) in [6, 6.07) is 16.5. The number of aromatic nitrogens is 3. The normalized spacial score (nSPS) is 12.0. The molecule has 1 unspecified atom stereocenters. The minimum absolute atomic E-state index is 0.00435. The monoisotopic (exact) mass is 293 g/mol. The van der Waals surface area contributed by atoms with E-state index in [1.54, 1.807) is 23.1 Å². The molecular weight excluding hydrogens is 277 g/mol. The van der Waals surface area contributed by atoms with Crippen LogP contribution in [0.4, 0.5) is 4.39 Å². The molecule has 2 aromatic carbocycles. The molecule has 0 N–H and O–H groups in total. The van der Waals surface area contributed by atoms with Crippen LogP contribution in [0, 0.1) is 5.82 Å². The summed E-state index contributed by atoms with van der Waals surface area (Å²) >= 11 is 0. The summed E-state index contributed by atoms with van der Waals surface area (Å²) in [5.74, 6) is -0.238. The first-order chi connectivity index (χ1) is 10.7. The average molecular weight is 293 g/mol. The van der Waals surface area contributed by atoms with Gasteiger partial charge in [0.1, 0.15) is 18.5 Å². The first-order valence-electron chi connectivity index (χ1n) is 7.06. The summed E-state index contributed by atoms with van der Waals surface area (Å²) in [4.78, 5) is 3.98. The Kier molecular flexibility index (Phi) is 4.10. The van der Waals surface area contributed by atoms with E-state index in [9.17, 15) is 4.39 Å². The van der Waals surface area contributed by atoms with Gasteiger partial charge in [-0.2, -0.15) is 5.10 Å². The highest BCUT2D eigenvalue weighted by Crippen LogP contribution is 2.32. The first kappa shape index (κ1) is 14.2. The van der Waals surface area contributed by atoms with E-state index >= 15 is 0 Å². The third-order valence-electron chi connectivity index (χ3n) is 3.67. The molecule has 0 radical (unpaired) electrons. The van der Waals surface area contributed by atoms with Crippen molar-refractivity contribution in [2.75, 3.05) is 0 Å². The Morgan fingerprint density at radius 2 is 1.82 bits per heavy atom. The molecule has 0 aliphatic rings. The molecule has 1 atom stereocenters. The highest BCUT2D eigenvalue weighted by molar-refractivity contribution is 5.69. The van der Waals surface area contributed by atoms with Gasteiger partial charge in [0, 0.05) is 5.92 Å². The van der Waals surface area contributed by atoms with Crippen molar-refractivity contribution in [3.63, 3.8) is 0 Å². The van der Waals surface area contributed by atoms with Crippen LogP contribution in [0.5, 0.6) is 0 Å². The maximum absolute atomic E-state index is 13.2. The zero-order chi connectivity index (χ0) is 15.4. The Bertz CT molecular complexity index is 734. The van der Waals surface area contributed by atoms with Gasteiger partial charge in [-0.15, -0.1) is 0 Å². The Morgan fingerprint density at radius 3 is 2.45 bits per heavy atom. The summed E-state index contributed by atoms with van der Waals surface area (Å²) in [7, 11) is 0. The standard InChI is InChI=1S/C18H16FN3/c1-14(15-5-3-2-4-6-15)18(11-22-13-20-12-21-22)16-7-9-17(19)10-8-16/h2-10,12-13,18H,1,11H2. The second-order valence-electron chi connectivity index (χ2n) is 5.11. The van der Waals surface area contributed by atoms with Crippen molar-refractivity contribution < 1.29 is 4.39 Å². The number of allylic oxidation sites excluding steroid dienone is 1. The molecule has 0 saturated heterocycles. The maximum Gasteiger partial charge on any atom is 0.137 e. The van der Waals surface area contributed by atoms with E-state index in [0.717, 1.165) is 16.7 Å². The van der Waals surface area contributed by atoms with Crippen molar-refractivity contribution >= 4 is 5.57 Å². The lowest BCUT2D eigenvalue weighted by Gasteiger charge is -2.20. The summed E-state index contributed by atoms with van der Waals surface area (Å²) in [5.41, 5.74) is 3.05. The molecule has 0 aliphatic heterocycles. The zero-order valence-corrected chi connectivity index (χ0v) is 12.1. The van der Waals surface area contributed by atoms with E-state index in [1.165, 1.54) is 18.5 Å². The molecule has 0 aliphatic carbocycles. The topological polar surface area (TPSA) is 30.7 Å². The third-order valence-corrected chi connectivity index (χ3v) is 3.67. The molecule has 110 valence electrons. The van der Waals surface area contributed by atoms with Crippen LogP contribution in [0.15, 0.2) is 73.8 Å². The van der Waals surface area contributed by atoms with Crippen LogP contribution >= 0.6 is 0 Å². The summed E-state index contributed by atoms with van der Waals surface area (Å²) in [5, 5.41) is 4.17. The molecule has 3 aromatic rings. The lowest BCUT2D eigenvalue weighted by Crippen LogP contribution is -2.11. The first-order valence-corrected chi connectivity index (χ1v) is 7.06. The van der Waals surface area contributed by atoms with Crippen molar-refractivity contribution in [3.05, 3.63) is 90.8 Å². The van der Waals surface area contributed by atoms with Crippen molar-refractivity contribution in [3.8, 4) is 0 Å². The molecule has 0 bridgehead atoms. The van der Waals surface area contributed by atoms with Gasteiger partial charge in [0.15, 0.2) is 0 Å². The van der Waals surface area contributed by atoms with E-state index in [4.69, 9.17) is 0 Å². The predicted molar refractivity (Wildman–Crippen MR) is 84.6 cm³/mol. The maximum atomic E-state index is 13.2. The number of halogens is 1. The summed E-state index contributed by atoms with van der Waals surface area (Å²) in [6.45, 7) is 4.86. The van der Waals surface area contributed by atoms with Crippen molar-refractivity contribution in [2.45, 2.75) is 12.5 Å². The lowest BCUT2D eigenvalue weighted by atomic mass is 9.87. The Morgan fingerprint density at radius 1 is 1.09 bits per heavy atom. The van der Waals surface area contributed by atoms with E-state index in [-0.39, 0.29) is 11.7 Å². The van der Waals surface area contributed by atoms with Gasteiger partial charge in [0.2, 0.25) is 0 Å². The molecule has 0 saturated carbocycles. The molecule has 0 amide bonds. The van der Waals surface area contributed by atoms with E-state index < -0.39 is 0 Å². The number of nitrogens with zero attached hydrogens (tertiary/aromatic N) is 3. The highest BCUT2D eigenvalue weighted by atomic mass is 19.1. The van der Waals surface area contributed by atoms with Gasteiger partial charge < -0.3 is 0 Å². The Hall–Kier alpha value is -2.75. The van der Waals surface area contributed by atoms with Crippen molar-refractivity contribution in [1.82, 2.24) is 14.8 Å². The number of rotatable bonds is 5. The molecule has 1 aromatic heterocycles. The van der Waals surface area contributed by atoms with E-state index in [1.807, 2.05) is 30.3 Å². The minimum Gasteiger partial charge on any atom is -0.252 e. The highest BCUT2D eigenvalue weighted by Gasteiger charge is 2.18. The number of hydrogen-bond donors (Lipinski definition) is 0. The quantitative estimate of drug-likeness (QED) is 0.714. The second-order valence-corrected chi connectivity index (χ2v) is 5.11. The summed E-state index contributed by atoms with van der Waals surface area (Å²) < 4.78 is 15.0. The van der Waals surface area contributed by atoms with Crippen molar-refractivity contribution in [1.29, 1.82) is 0 Å². The molecule has 0 spiro atoms. The van der Waals surface area contributed by atoms with Crippen LogP contribution < -0.4 is 0 Å². The van der Waals surface area contributed by atoms with Gasteiger partial charge in [-0.25, -0.2) is 9.37 Å². The third kappa shape index (κ3) is 3.11. The van der Waals surface area contributed by atoms with Gasteiger partial charge in [-0.3, -0.25) is 4.68 Å². The fourth-order valence-corrected chi connectivity index (χ4v) is 2.48. The molecule has 3 rings (SSSR count). The van der Waals surface area contributed by atoms with Gasteiger partial charge in [-0.05, 0) is 28.8 Å². The fraction of sp³-hybridized carbons (Fsp3) is 0.111. The minimum atomic E-state index is -0.242. The van der Waals surface area contributed by atoms with Crippen LogP contribution in [0.3, 0.4) is 0 Å². The molecule has 1 heterocycles. The van der Waals surface area contributed by atoms with Crippen LogP contribution in [0.1, 0.15) is 17.0 Å². The van der Waals surface area contributed by atoms with Gasteiger partial charge >= 0.3 is 0 Å². The summed E-state index contributed by atoms with van der Waals surface area (Å²) in [6.07, 6.45) is 3.18. The molecule has 0 fully saturated rings. The second kappa shape index (κ2) is 6.35. The van der Waals surface area contributed by atoms with E-state index in [0.29, 0.717) is 6.54 Å². The van der Waals surface area contributed by atoms with Crippen LogP contribution in [0.25, 0.3) is 5.57 Å². The van der Waals surface area contributed by atoms with Gasteiger partial charge in [0.05, 0.1) is 6.54 Å². The predicted octanol–water partition coefficient (Wildman–Crippen LogP) is 3.91. The number of benzene rings is 2. The molecule has 4 heteroatoms. The largest absolute Gasteiger partial charge is 0.252 e. The van der Waals surface area contributed by atoms with Gasteiger partial charge in [-0.1, -0.05) is 49.0 Å². The Labute approximate surface area is 128 Å². The molecular formula is C18H16FN3. The van der Waals surface area contributed by atoms with Crippen LogP contribution in [0.2, 0.25) is 0 Å². The van der Waals surface area contributed by atoms with Crippen molar-refractivity contribution in [2.24, 2.45) is 0 Å². The van der Waals surface area contributed by atoms with E-state index in [2.05, 4.69) is 16.7 Å². The number of hydrogen-bond acceptors (Lipinski definition) is 2. The Balaban J connectivity index is 1.95. The fourth-order valence-electron chi connectivity index (χ4n) is 2.48. The smallest absolute Gasteiger partial charge is 0.137 e. The average Bonchev–Trinajstić information content (AvgIpc) is 3.07. The zero-order valence-electron chi connectivity index (χ0n) is 12.1. The van der Waals surface area contributed by atoms with Crippen LogP contribution in [-0.2, 0) is 6.54 Å². The lowest BCUT2D eigenvalue weighted by molar-refractivity contribution is 0.577. The molecule has 22 heavy (non-hydrogen) atoms. The van der Waals surface area contributed by atoms with Gasteiger partial charge in [0.25, 0.3) is 0 Å². The SMILES string of the molecule is C=C(c1ccccc1)C(Cn1cncn1)c1ccc(F)cc1. The molecule has 3 nitrogen and oxygen atoms in total.